The van der Waals surface area contributed by atoms with Crippen LogP contribution in [0, 0.1) is 5.82 Å². The highest BCUT2D eigenvalue weighted by atomic mass is 32.2. The van der Waals surface area contributed by atoms with E-state index in [9.17, 15) is 9.18 Å². The maximum absolute atomic E-state index is 14.3. The maximum Gasteiger partial charge on any atom is 0.233 e. The van der Waals surface area contributed by atoms with Crippen LogP contribution in [0.5, 0.6) is 0 Å². The molecule has 0 bridgehead atoms. The van der Waals surface area contributed by atoms with Gasteiger partial charge in [0.25, 0.3) is 0 Å². The van der Waals surface area contributed by atoms with Crippen molar-refractivity contribution >= 4 is 17.7 Å². The SMILES string of the molecule is CCN(C(=O)CSc1nnc(-c2ccccc2F)n1C1CC1)C1CCCCC1. The topological polar surface area (TPSA) is 51.0 Å². The van der Waals surface area contributed by atoms with Crippen molar-refractivity contribution in [3.05, 3.63) is 30.1 Å². The van der Waals surface area contributed by atoms with E-state index in [0.29, 0.717) is 34.4 Å². The summed E-state index contributed by atoms with van der Waals surface area (Å²) in [6.07, 6.45) is 8.02. The third-order valence-corrected chi connectivity index (χ3v) is 6.62. The van der Waals surface area contributed by atoms with Crippen LogP contribution in [0.3, 0.4) is 0 Å². The van der Waals surface area contributed by atoms with Gasteiger partial charge in [-0.2, -0.15) is 0 Å². The third-order valence-electron chi connectivity index (χ3n) is 5.69. The van der Waals surface area contributed by atoms with Gasteiger partial charge in [0.1, 0.15) is 5.82 Å². The molecule has 0 aliphatic heterocycles. The van der Waals surface area contributed by atoms with E-state index in [-0.39, 0.29) is 11.7 Å². The number of amides is 1. The predicted octanol–water partition coefficient (Wildman–Crippen LogP) is 4.69. The molecule has 0 saturated heterocycles. The highest BCUT2D eigenvalue weighted by Crippen LogP contribution is 2.41. The lowest BCUT2D eigenvalue weighted by Crippen LogP contribution is -2.42. The van der Waals surface area contributed by atoms with Crippen LogP contribution in [-0.4, -0.2) is 43.9 Å². The van der Waals surface area contributed by atoms with E-state index in [1.807, 2.05) is 15.5 Å². The molecule has 28 heavy (non-hydrogen) atoms. The molecule has 1 aromatic carbocycles. The third kappa shape index (κ3) is 4.09. The molecule has 1 aromatic heterocycles. The van der Waals surface area contributed by atoms with Gasteiger partial charge >= 0.3 is 0 Å². The summed E-state index contributed by atoms with van der Waals surface area (Å²) in [5.41, 5.74) is 0.470. The normalized spacial score (nSPS) is 17.6. The quantitative estimate of drug-likeness (QED) is 0.631. The molecule has 1 heterocycles. The molecular weight excluding hydrogens is 375 g/mol. The van der Waals surface area contributed by atoms with Crippen molar-refractivity contribution < 1.29 is 9.18 Å². The zero-order valence-corrected chi connectivity index (χ0v) is 17.1. The largest absolute Gasteiger partial charge is 0.339 e. The first kappa shape index (κ1) is 19.4. The van der Waals surface area contributed by atoms with Crippen LogP contribution in [0.1, 0.15) is 57.9 Å². The average Bonchev–Trinajstić information content (AvgIpc) is 3.47. The number of carbonyl (C=O) groups is 1. The van der Waals surface area contributed by atoms with Gasteiger partial charge in [-0.05, 0) is 44.7 Å². The van der Waals surface area contributed by atoms with Crippen LogP contribution in [0.4, 0.5) is 4.39 Å². The number of carbonyl (C=O) groups excluding carboxylic acids is 1. The number of hydrogen-bond donors (Lipinski definition) is 0. The van der Waals surface area contributed by atoms with Crippen LogP contribution in [0.2, 0.25) is 0 Å². The van der Waals surface area contributed by atoms with Crippen LogP contribution in [0.25, 0.3) is 11.4 Å². The number of hydrogen-bond acceptors (Lipinski definition) is 4. The maximum atomic E-state index is 14.3. The van der Waals surface area contributed by atoms with Gasteiger partial charge in [-0.3, -0.25) is 9.36 Å². The first-order chi connectivity index (χ1) is 13.7. The van der Waals surface area contributed by atoms with Crippen LogP contribution >= 0.6 is 11.8 Å². The summed E-state index contributed by atoms with van der Waals surface area (Å²) >= 11 is 1.43. The minimum absolute atomic E-state index is 0.164. The predicted molar refractivity (Wildman–Crippen MR) is 109 cm³/mol. The van der Waals surface area contributed by atoms with Gasteiger partial charge in [0.15, 0.2) is 11.0 Å². The van der Waals surface area contributed by atoms with E-state index >= 15 is 0 Å². The number of nitrogens with zero attached hydrogens (tertiary/aromatic N) is 4. The van der Waals surface area contributed by atoms with E-state index < -0.39 is 0 Å². The molecule has 150 valence electrons. The molecule has 2 aliphatic carbocycles. The molecule has 2 aliphatic rings. The van der Waals surface area contributed by atoms with Gasteiger partial charge in [0, 0.05) is 18.6 Å². The molecule has 0 unspecified atom stereocenters. The number of rotatable bonds is 7. The molecule has 2 aromatic rings. The molecule has 1 amide bonds. The second-order valence-corrected chi connectivity index (χ2v) is 8.59. The first-order valence-corrected chi connectivity index (χ1v) is 11.3. The smallest absolute Gasteiger partial charge is 0.233 e. The average molecular weight is 403 g/mol. The molecule has 2 saturated carbocycles. The molecule has 0 N–H and O–H groups in total. The zero-order chi connectivity index (χ0) is 19.5. The minimum Gasteiger partial charge on any atom is -0.339 e. The molecule has 2 fully saturated rings. The minimum atomic E-state index is -0.293. The lowest BCUT2D eigenvalue weighted by molar-refractivity contribution is -0.131. The van der Waals surface area contributed by atoms with Crippen LogP contribution in [-0.2, 0) is 4.79 Å². The van der Waals surface area contributed by atoms with E-state index in [0.717, 1.165) is 32.2 Å². The molecule has 0 spiro atoms. The lowest BCUT2D eigenvalue weighted by Gasteiger charge is -2.33. The fourth-order valence-electron chi connectivity index (χ4n) is 4.10. The fraction of sp³-hybridized carbons (Fsp3) is 0.571. The Hall–Kier alpha value is -1.89. The summed E-state index contributed by atoms with van der Waals surface area (Å²) < 4.78 is 16.3. The van der Waals surface area contributed by atoms with Crippen LogP contribution in [0.15, 0.2) is 29.4 Å². The van der Waals surface area contributed by atoms with Gasteiger partial charge in [0.2, 0.25) is 5.91 Å². The van der Waals surface area contributed by atoms with E-state index in [2.05, 4.69) is 17.1 Å². The Morgan fingerprint density at radius 3 is 2.61 bits per heavy atom. The van der Waals surface area contributed by atoms with E-state index in [4.69, 9.17) is 0 Å². The second kappa shape index (κ2) is 8.64. The van der Waals surface area contributed by atoms with Gasteiger partial charge in [-0.25, -0.2) is 4.39 Å². The van der Waals surface area contributed by atoms with Crippen molar-refractivity contribution in [2.75, 3.05) is 12.3 Å². The Morgan fingerprint density at radius 2 is 1.93 bits per heavy atom. The van der Waals surface area contributed by atoms with Gasteiger partial charge in [0.05, 0.1) is 11.3 Å². The van der Waals surface area contributed by atoms with Crippen molar-refractivity contribution in [2.24, 2.45) is 0 Å². The van der Waals surface area contributed by atoms with Gasteiger partial charge in [-0.15, -0.1) is 10.2 Å². The molecule has 7 heteroatoms. The number of aromatic nitrogens is 3. The highest BCUT2D eigenvalue weighted by Gasteiger charge is 2.31. The molecular formula is C21H27FN4OS. The summed E-state index contributed by atoms with van der Waals surface area (Å²) in [5.74, 6) is 0.790. The highest BCUT2D eigenvalue weighted by molar-refractivity contribution is 7.99. The molecule has 4 rings (SSSR count). The monoisotopic (exact) mass is 402 g/mol. The lowest BCUT2D eigenvalue weighted by atomic mass is 9.94. The first-order valence-electron chi connectivity index (χ1n) is 10.3. The van der Waals surface area contributed by atoms with Crippen molar-refractivity contribution in [3.8, 4) is 11.4 Å². The van der Waals surface area contributed by atoms with Crippen molar-refractivity contribution in [3.63, 3.8) is 0 Å². The summed E-state index contributed by atoms with van der Waals surface area (Å²) in [4.78, 5) is 14.9. The Labute approximate surface area is 169 Å². The molecule has 5 nitrogen and oxygen atoms in total. The van der Waals surface area contributed by atoms with Gasteiger partial charge in [-0.1, -0.05) is 43.2 Å². The molecule has 0 radical (unpaired) electrons. The fourth-order valence-corrected chi connectivity index (χ4v) is 5.00. The Bertz CT molecular complexity index is 830. The second-order valence-electron chi connectivity index (χ2n) is 7.65. The van der Waals surface area contributed by atoms with Crippen molar-refractivity contribution in [2.45, 2.75) is 69.1 Å². The van der Waals surface area contributed by atoms with Gasteiger partial charge < -0.3 is 4.90 Å². The van der Waals surface area contributed by atoms with Crippen LogP contribution < -0.4 is 0 Å². The van der Waals surface area contributed by atoms with Crippen molar-refractivity contribution in [1.29, 1.82) is 0 Å². The summed E-state index contributed by atoms with van der Waals surface area (Å²) in [6.45, 7) is 2.81. The Balaban J connectivity index is 1.49. The molecule has 0 atom stereocenters. The number of benzene rings is 1. The summed E-state index contributed by atoms with van der Waals surface area (Å²) in [6, 6.07) is 7.35. The van der Waals surface area contributed by atoms with E-state index in [1.165, 1.54) is 37.1 Å². The summed E-state index contributed by atoms with van der Waals surface area (Å²) in [5, 5.41) is 9.29. The zero-order valence-electron chi connectivity index (χ0n) is 16.3. The number of halogens is 1. The number of thioether (sulfide) groups is 1. The van der Waals surface area contributed by atoms with E-state index in [1.54, 1.807) is 12.1 Å². The standard InChI is InChI=1S/C21H27FN4OS/c1-2-25(15-8-4-3-5-9-15)19(27)14-28-21-24-23-20(26(21)16-12-13-16)17-10-6-7-11-18(17)22/h6-7,10-11,15-16H,2-5,8-9,12-14H2,1H3. The van der Waals surface area contributed by atoms with Crippen molar-refractivity contribution in [1.82, 2.24) is 19.7 Å². The Kier molecular flexibility index (Phi) is 5.99. The Morgan fingerprint density at radius 1 is 1.18 bits per heavy atom. The summed E-state index contributed by atoms with van der Waals surface area (Å²) in [7, 11) is 0.